The monoisotopic (exact) mass is 258 g/mol. The van der Waals surface area contributed by atoms with E-state index in [2.05, 4.69) is 10.2 Å². The summed E-state index contributed by atoms with van der Waals surface area (Å²) in [5.74, 6) is -2.92. The Morgan fingerprint density at radius 1 is 1.06 bits per heavy atom. The number of hydrogen-bond donors (Lipinski definition) is 1. The molecule has 1 heterocycles. The molecule has 1 unspecified atom stereocenters. The van der Waals surface area contributed by atoms with Crippen LogP contribution in [0.5, 0.6) is 0 Å². The Morgan fingerprint density at radius 2 is 1.78 bits per heavy atom. The fourth-order valence-electron chi connectivity index (χ4n) is 2.24. The average molecular weight is 258 g/mol. The maximum Gasteiger partial charge on any atom is 0.161 e. The van der Waals surface area contributed by atoms with Crippen molar-refractivity contribution in [3.8, 4) is 0 Å². The van der Waals surface area contributed by atoms with Gasteiger partial charge in [-0.3, -0.25) is 0 Å². The zero-order valence-corrected chi connectivity index (χ0v) is 10.3. The Balaban J connectivity index is 2.06. The second kappa shape index (κ2) is 5.61. The quantitative estimate of drug-likeness (QED) is 0.820. The first kappa shape index (κ1) is 13.2. The highest BCUT2D eigenvalue weighted by Crippen LogP contribution is 2.22. The van der Waals surface area contributed by atoms with E-state index in [-0.39, 0.29) is 11.7 Å². The Labute approximate surface area is 105 Å². The summed E-state index contributed by atoms with van der Waals surface area (Å²) >= 11 is 0. The van der Waals surface area contributed by atoms with E-state index in [0.717, 1.165) is 38.4 Å². The summed E-state index contributed by atoms with van der Waals surface area (Å²) < 4.78 is 39.4. The Hall–Kier alpha value is -1.23. The van der Waals surface area contributed by atoms with Crippen LogP contribution < -0.4 is 5.32 Å². The highest BCUT2D eigenvalue weighted by atomic mass is 19.2. The van der Waals surface area contributed by atoms with Crippen LogP contribution in [0.25, 0.3) is 0 Å². The minimum Gasteiger partial charge on any atom is -0.380 e. The first-order valence-electron chi connectivity index (χ1n) is 6.16. The van der Waals surface area contributed by atoms with Crippen LogP contribution in [0.4, 0.5) is 18.9 Å². The summed E-state index contributed by atoms with van der Waals surface area (Å²) in [5, 5.41) is 2.97. The molecule has 0 aliphatic carbocycles. The summed E-state index contributed by atoms with van der Waals surface area (Å²) in [7, 11) is 2.04. The molecule has 0 aromatic heterocycles. The maximum absolute atomic E-state index is 13.5. The fourth-order valence-corrected chi connectivity index (χ4v) is 2.24. The molecule has 5 heteroatoms. The molecule has 1 fully saturated rings. The number of benzene rings is 1. The van der Waals surface area contributed by atoms with Crippen molar-refractivity contribution in [2.24, 2.45) is 0 Å². The molecule has 1 N–H and O–H groups in total. The zero-order valence-electron chi connectivity index (χ0n) is 10.3. The van der Waals surface area contributed by atoms with E-state index in [1.807, 2.05) is 7.05 Å². The van der Waals surface area contributed by atoms with Crippen molar-refractivity contribution in [2.75, 3.05) is 25.5 Å². The predicted octanol–water partition coefficient (Wildman–Crippen LogP) is 3.00. The molecule has 18 heavy (non-hydrogen) atoms. The molecule has 0 saturated carbocycles. The second-order valence-electron chi connectivity index (χ2n) is 4.82. The van der Waals surface area contributed by atoms with Crippen molar-refractivity contribution >= 4 is 5.69 Å². The van der Waals surface area contributed by atoms with Crippen LogP contribution in [0.15, 0.2) is 12.1 Å². The Bertz CT molecular complexity index is 423. The molecule has 0 radical (unpaired) electrons. The van der Waals surface area contributed by atoms with Gasteiger partial charge < -0.3 is 10.2 Å². The summed E-state index contributed by atoms with van der Waals surface area (Å²) in [6.07, 6.45) is 2.79. The van der Waals surface area contributed by atoms with Gasteiger partial charge in [-0.2, -0.15) is 0 Å². The van der Waals surface area contributed by atoms with Gasteiger partial charge in [-0.05, 0) is 39.4 Å². The SMILES string of the molecule is CN1CCCC(Nc2cc(F)c(F)cc2F)CC1. The van der Waals surface area contributed by atoms with Gasteiger partial charge in [-0.15, -0.1) is 0 Å². The molecule has 1 atom stereocenters. The summed E-state index contributed by atoms with van der Waals surface area (Å²) in [4.78, 5) is 2.21. The van der Waals surface area contributed by atoms with Crippen molar-refractivity contribution in [3.63, 3.8) is 0 Å². The molecule has 0 bridgehead atoms. The predicted molar refractivity (Wildman–Crippen MR) is 65.1 cm³/mol. The third-order valence-corrected chi connectivity index (χ3v) is 3.32. The number of nitrogens with one attached hydrogen (secondary N) is 1. The fraction of sp³-hybridized carbons (Fsp3) is 0.538. The van der Waals surface area contributed by atoms with Crippen LogP contribution in [0.1, 0.15) is 19.3 Å². The first-order valence-corrected chi connectivity index (χ1v) is 6.16. The highest BCUT2D eigenvalue weighted by Gasteiger charge is 2.17. The average Bonchev–Trinajstić information content (AvgIpc) is 2.51. The molecule has 0 amide bonds. The third kappa shape index (κ3) is 3.16. The molecule has 1 aromatic carbocycles. The zero-order chi connectivity index (χ0) is 13.1. The van der Waals surface area contributed by atoms with Crippen molar-refractivity contribution in [1.82, 2.24) is 4.90 Å². The smallest absolute Gasteiger partial charge is 0.161 e. The number of anilines is 1. The van der Waals surface area contributed by atoms with Gasteiger partial charge in [0.15, 0.2) is 11.6 Å². The molecule has 1 aliphatic rings. The molecule has 2 rings (SSSR count). The van der Waals surface area contributed by atoms with Crippen LogP contribution in [-0.4, -0.2) is 31.1 Å². The lowest BCUT2D eigenvalue weighted by molar-refractivity contribution is 0.348. The van der Waals surface area contributed by atoms with E-state index in [1.165, 1.54) is 0 Å². The summed E-state index contributed by atoms with van der Waals surface area (Å²) in [6, 6.07) is 1.58. The molecular weight excluding hydrogens is 241 g/mol. The van der Waals surface area contributed by atoms with E-state index in [9.17, 15) is 13.2 Å². The standard InChI is InChI=1S/C13H17F3N2/c1-18-5-2-3-9(4-6-18)17-13-8-11(15)10(14)7-12(13)16/h7-9,17H,2-6H2,1H3. The lowest BCUT2D eigenvalue weighted by Crippen LogP contribution is -2.23. The minimum absolute atomic E-state index is 0.0449. The second-order valence-corrected chi connectivity index (χ2v) is 4.82. The van der Waals surface area contributed by atoms with Gasteiger partial charge in [-0.25, -0.2) is 13.2 Å². The number of likely N-dealkylation sites (tertiary alicyclic amines) is 1. The van der Waals surface area contributed by atoms with Gasteiger partial charge in [0.25, 0.3) is 0 Å². The van der Waals surface area contributed by atoms with E-state index >= 15 is 0 Å². The molecule has 1 aliphatic heterocycles. The number of nitrogens with zero attached hydrogens (tertiary/aromatic N) is 1. The van der Waals surface area contributed by atoms with E-state index in [1.54, 1.807) is 0 Å². The molecular formula is C13H17F3N2. The van der Waals surface area contributed by atoms with Gasteiger partial charge in [0.1, 0.15) is 5.82 Å². The van der Waals surface area contributed by atoms with Crippen molar-refractivity contribution in [2.45, 2.75) is 25.3 Å². The van der Waals surface area contributed by atoms with Gasteiger partial charge >= 0.3 is 0 Å². The number of hydrogen-bond acceptors (Lipinski definition) is 2. The summed E-state index contributed by atoms with van der Waals surface area (Å²) in [5.41, 5.74) is 0.0449. The molecule has 1 aromatic rings. The third-order valence-electron chi connectivity index (χ3n) is 3.32. The van der Waals surface area contributed by atoms with Crippen molar-refractivity contribution in [1.29, 1.82) is 0 Å². The van der Waals surface area contributed by atoms with Crippen LogP contribution in [0, 0.1) is 17.5 Å². The maximum atomic E-state index is 13.5. The van der Waals surface area contributed by atoms with Crippen molar-refractivity contribution in [3.05, 3.63) is 29.6 Å². The van der Waals surface area contributed by atoms with E-state index in [0.29, 0.717) is 6.07 Å². The van der Waals surface area contributed by atoms with Crippen LogP contribution >= 0.6 is 0 Å². The topological polar surface area (TPSA) is 15.3 Å². The number of rotatable bonds is 2. The molecule has 2 nitrogen and oxygen atoms in total. The van der Waals surface area contributed by atoms with Gasteiger partial charge in [0.05, 0.1) is 5.69 Å². The Morgan fingerprint density at radius 3 is 2.56 bits per heavy atom. The van der Waals surface area contributed by atoms with Crippen molar-refractivity contribution < 1.29 is 13.2 Å². The highest BCUT2D eigenvalue weighted by molar-refractivity contribution is 5.46. The molecule has 100 valence electrons. The normalized spacial score (nSPS) is 21.7. The largest absolute Gasteiger partial charge is 0.380 e. The van der Waals surface area contributed by atoms with Gasteiger partial charge in [-0.1, -0.05) is 0 Å². The van der Waals surface area contributed by atoms with Crippen LogP contribution in [0.2, 0.25) is 0 Å². The van der Waals surface area contributed by atoms with Gasteiger partial charge in [0, 0.05) is 18.2 Å². The van der Waals surface area contributed by atoms with Gasteiger partial charge in [0.2, 0.25) is 0 Å². The van der Waals surface area contributed by atoms with Crippen LogP contribution in [-0.2, 0) is 0 Å². The lowest BCUT2D eigenvalue weighted by Gasteiger charge is -2.18. The van der Waals surface area contributed by atoms with E-state index in [4.69, 9.17) is 0 Å². The molecule has 0 spiro atoms. The minimum atomic E-state index is -1.15. The molecule has 1 saturated heterocycles. The lowest BCUT2D eigenvalue weighted by atomic mass is 10.1. The number of halogens is 3. The van der Waals surface area contributed by atoms with E-state index < -0.39 is 17.5 Å². The summed E-state index contributed by atoms with van der Waals surface area (Å²) in [6.45, 7) is 1.93. The first-order chi connectivity index (χ1) is 8.56. The Kier molecular flexibility index (Phi) is 4.11. The van der Waals surface area contributed by atoms with Crippen LogP contribution in [0.3, 0.4) is 0 Å².